The summed E-state index contributed by atoms with van der Waals surface area (Å²) < 4.78 is 6.32. The zero-order valence-corrected chi connectivity index (χ0v) is 17.4. The van der Waals surface area contributed by atoms with E-state index in [0.717, 1.165) is 49.8 Å². The molecule has 0 spiro atoms. The Balaban J connectivity index is 1.52. The van der Waals surface area contributed by atoms with Crippen molar-refractivity contribution in [3.63, 3.8) is 0 Å². The van der Waals surface area contributed by atoms with E-state index in [1.165, 1.54) is 32.4 Å². The van der Waals surface area contributed by atoms with Gasteiger partial charge in [-0.2, -0.15) is 0 Å². The Morgan fingerprint density at radius 3 is 2.14 bits per heavy atom. The molecule has 2 fully saturated rings. The fraction of sp³-hybridized carbons (Fsp3) is 0.500. The molecule has 0 bridgehead atoms. The second-order valence-electron chi connectivity index (χ2n) is 8.81. The third-order valence-corrected chi connectivity index (χ3v) is 6.92. The molecule has 1 saturated carbocycles. The fourth-order valence-corrected chi connectivity index (χ4v) is 5.19. The van der Waals surface area contributed by atoms with E-state index in [1.54, 1.807) is 4.90 Å². The molecule has 3 heteroatoms. The molecular formula is C26H34NO2+. The summed E-state index contributed by atoms with van der Waals surface area (Å²) in [6.45, 7) is 3.58. The summed E-state index contributed by atoms with van der Waals surface area (Å²) in [4.78, 5) is 15.2. The van der Waals surface area contributed by atoms with Crippen LogP contribution in [0.15, 0.2) is 60.7 Å². The topological polar surface area (TPSA) is 30.7 Å². The summed E-state index contributed by atoms with van der Waals surface area (Å²) in [5.74, 6) is -0.0244. The van der Waals surface area contributed by atoms with Crippen molar-refractivity contribution < 1.29 is 14.4 Å². The first-order chi connectivity index (χ1) is 14.3. The highest BCUT2D eigenvalue weighted by atomic mass is 16.5. The number of likely N-dealkylation sites (tertiary alicyclic amines) is 1. The summed E-state index contributed by atoms with van der Waals surface area (Å²) in [7, 11) is 0. The predicted molar refractivity (Wildman–Crippen MR) is 116 cm³/mol. The predicted octanol–water partition coefficient (Wildman–Crippen LogP) is 4.24. The van der Waals surface area contributed by atoms with E-state index >= 15 is 0 Å². The Bertz CT molecular complexity index is 762. The summed E-state index contributed by atoms with van der Waals surface area (Å²) in [5.41, 5.74) is 1.78. The molecule has 1 saturated heterocycles. The van der Waals surface area contributed by atoms with E-state index in [0.29, 0.717) is 0 Å². The molecule has 1 atom stereocenters. The van der Waals surface area contributed by atoms with Crippen LogP contribution >= 0.6 is 0 Å². The highest BCUT2D eigenvalue weighted by molar-refractivity contribution is 5.84. The van der Waals surface area contributed by atoms with Gasteiger partial charge in [-0.1, -0.05) is 73.5 Å². The number of carbonyl (C=O) groups excluding carboxylic acids is 1. The van der Waals surface area contributed by atoms with Crippen molar-refractivity contribution in [2.45, 2.75) is 62.9 Å². The van der Waals surface area contributed by atoms with Gasteiger partial charge < -0.3 is 9.64 Å². The van der Waals surface area contributed by atoms with Gasteiger partial charge in [0.25, 0.3) is 0 Å². The Labute approximate surface area is 175 Å². The average Bonchev–Trinajstić information content (AvgIpc) is 3.30. The third kappa shape index (κ3) is 4.72. The summed E-state index contributed by atoms with van der Waals surface area (Å²) >= 11 is 0. The van der Waals surface area contributed by atoms with E-state index in [2.05, 4.69) is 24.3 Å². The molecule has 0 amide bonds. The zero-order chi connectivity index (χ0) is 19.9. The molecule has 1 aliphatic heterocycles. The van der Waals surface area contributed by atoms with Gasteiger partial charge in [0.2, 0.25) is 0 Å². The molecule has 2 aromatic rings. The zero-order valence-electron chi connectivity index (χ0n) is 17.4. The lowest BCUT2D eigenvalue weighted by Crippen LogP contribution is -3.12. The molecule has 2 aromatic carbocycles. The SMILES string of the molecule is O=C(OC(CC[NH+]1CCCCC1)c1ccccc1)C1(c2ccccc2)CCCC1. The maximum Gasteiger partial charge on any atom is 0.317 e. The number of nitrogens with one attached hydrogen (secondary N) is 1. The lowest BCUT2D eigenvalue weighted by atomic mass is 9.79. The molecule has 1 heterocycles. The molecule has 3 nitrogen and oxygen atoms in total. The van der Waals surface area contributed by atoms with E-state index in [4.69, 9.17) is 4.74 Å². The van der Waals surface area contributed by atoms with E-state index < -0.39 is 5.41 Å². The minimum Gasteiger partial charge on any atom is -0.457 e. The monoisotopic (exact) mass is 392 g/mol. The van der Waals surface area contributed by atoms with Crippen LogP contribution in [0.3, 0.4) is 0 Å². The molecule has 29 heavy (non-hydrogen) atoms. The smallest absolute Gasteiger partial charge is 0.317 e. The van der Waals surface area contributed by atoms with Crippen LogP contribution in [-0.4, -0.2) is 25.6 Å². The van der Waals surface area contributed by atoms with Crippen LogP contribution in [0.1, 0.15) is 68.6 Å². The highest BCUT2D eigenvalue weighted by Gasteiger charge is 2.45. The number of ether oxygens (including phenoxy) is 1. The molecule has 1 aliphatic carbocycles. The molecule has 154 valence electrons. The van der Waals surface area contributed by atoms with Gasteiger partial charge in [0.15, 0.2) is 0 Å². The van der Waals surface area contributed by atoms with E-state index in [9.17, 15) is 4.79 Å². The van der Waals surface area contributed by atoms with Crippen LogP contribution in [0.5, 0.6) is 0 Å². The molecule has 4 rings (SSSR count). The number of hydrogen-bond donors (Lipinski definition) is 1. The maximum atomic E-state index is 13.6. The number of hydrogen-bond acceptors (Lipinski definition) is 2. The molecule has 0 aromatic heterocycles. The normalized spacial score (nSPS) is 20.3. The number of benzene rings is 2. The standard InChI is InChI=1S/C26H33NO2/c28-25(26(17-8-9-18-26)23-14-6-2-7-15-23)29-24(22-12-4-1-5-13-22)16-21-27-19-10-3-11-20-27/h1-2,4-7,12-15,24H,3,8-11,16-21H2/p+1. The van der Waals surface area contributed by atoms with Gasteiger partial charge in [0.05, 0.1) is 25.0 Å². The number of carbonyl (C=O) groups is 1. The first-order valence-electron chi connectivity index (χ1n) is 11.4. The van der Waals surface area contributed by atoms with Gasteiger partial charge in [-0.3, -0.25) is 4.79 Å². The molecule has 2 aliphatic rings. The molecule has 1 unspecified atom stereocenters. The van der Waals surface area contributed by atoms with Crippen LogP contribution in [0, 0.1) is 0 Å². The number of esters is 1. The number of rotatable bonds is 7. The van der Waals surface area contributed by atoms with Crippen molar-refractivity contribution in [3.05, 3.63) is 71.8 Å². The van der Waals surface area contributed by atoms with Gasteiger partial charge in [-0.05, 0) is 43.2 Å². The van der Waals surface area contributed by atoms with Crippen molar-refractivity contribution >= 4 is 5.97 Å². The molecular weight excluding hydrogens is 358 g/mol. The van der Waals surface area contributed by atoms with Gasteiger partial charge in [0.1, 0.15) is 6.10 Å². The van der Waals surface area contributed by atoms with Gasteiger partial charge in [-0.15, -0.1) is 0 Å². The van der Waals surface area contributed by atoms with Gasteiger partial charge in [0, 0.05) is 6.42 Å². The molecule has 0 radical (unpaired) electrons. The van der Waals surface area contributed by atoms with Crippen molar-refractivity contribution in [1.29, 1.82) is 0 Å². The van der Waals surface area contributed by atoms with Crippen LogP contribution in [-0.2, 0) is 14.9 Å². The third-order valence-electron chi connectivity index (χ3n) is 6.92. The van der Waals surface area contributed by atoms with Gasteiger partial charge in [-0.25, -0.2) is 0 Å². The Kier molecular flexibility index (Phi) is 6.66. The van der Waals surface area contributed by atoms with Gasteiger partial charge >= 0.3 is 5.97 Å². The lowest BCUT2D eigenvalue weighted by molar-refractivity contribution is -0.905. The van der Waals surface area contributed by atoms with E-state index in [-0.39, 0.29) is 12.1 Å². The fourth-order valence-electron chi connectivity index (χ4n) is 5.19. The Morgan fingerprint density at radius 2 is 1.48 bits per heavy atom. The maximum absolute atomic E-state index is 13.6. The number of piperidine rings is 1. The minimum atomic E-state index is -0.466. The number of quaternary nitrogens is 1. The summed E-state index contributed by atoms with van der Waals surface area (Å²) in [6, 6.07) is 20.6. The van der Waals surface area contributed by atoms with Crippen molar-refractivity contribution in [2.24, 2.45) is 0 Å². The second-order valence-corrected chi connectivity index (χ2v) is 8.81. The molecule has 1 N–H and O–H groups in total. The van der Waals surface area contributed by atoms with Crippen molar-refractivity contribution in [2.75, 3.05) is 19.6 Å². The van der Waals surface area contributed by atoms with Crippen molar-refractivity contribution in [1.82, 2.24) is 0 Å². The minimum absolute atomic E-state index is 0.0244. The first-order valence-corrected chi connectivity index (χ1v) is 11.4. The van der Waals surface area contributed by atoms with Crippen molar-refractivity contribution in [3.8, 4) is 0 Å². The Hall–Kier alpha value is -2.13. The van der Waals surface area contributed by atoms with Crippen LogP contribution in [0.25, 0.3) is 0 Å². The van der Waals surface area contributed by atoms with E-state index in [1.807, 2.05) is 36.4 Å². The first kappa shape index (κ1) is 20.2. The second kappa shape index (κ2) is 9.58. The average molecular weight is 393 g/mol. The van der Waals surface area contributed by atoms with Crippen LogP contribution < -0.4 is 4.90 Å². The summed E-state index contributed by atoms with van der Waals surface area (Å²) in [6.07, 6.45) is 8.74. The highest BCUT2D eigenvalue weighted by Crippen LogP contribution is 2.43. The quantitative estimate of drug-likeness (QED) is 0.715. The Morgan fingerprint density at radius 1 is 0.862 bits per heavy atom. The van der Waals surface area contributed by atoms with Crippen LogP contribution in [0.4, 0.5) is 0 Å². The summed E-state index contributed by atoms with van der Waals surface area (Å²) in [5, 5.41) is 0. The van der Waals surface area contributed by atoms with Crippen LogP contribution in [0.2, 0.25) is 0 Å². The largest absolute Gasteiger partial charge is 0.457 e. The lowest BCUT2D eigenvalue weighted by Gasteiger charge is -2.31.